The molecular formula is C7H14N2. The summed E-state index contributed by atoms with van der Waals surface area (Å²) in [6.45, 7) is 6.23. The highest BCUT2D eigenvalue weighted by Crippen LogP contribution is 2.27. The van der Waals surface area contributed by atoms with Crippen molar-refractivity contribution in [3.8, 4) is 0 Å². The Morgan fingerprint density at radius 3 is 2.33 bits per heavy atom. The number of hydrogen-bond acceptors (Lipinski definition) is 2. The number of nitrogens with zero attached hydrogens (tertiary/aromatic N) is 2. The lowest BCUT2D eigenvalue weighted by Gasteiger charge is -2.53. The Morgan fingerprint density at radius 2 is 2.00 bits per heavy atom. The molecule has 2 heteroatoms. The van der Waals surface area contributed by atoms with Gasteiger partial charge in [-0.3, -0.25) is 9.80 Å². The Hall–Kier alpha value is -0.0800. The first-order chi connectivity index (χ1) is 4.27. The maximum Gasteiger partial charge on any atom is 0.0506 e. The molecule has 2 nitrogen and oxygen atoms in total. The van der Waals surface area contributed by atoms with Crippen LogP contribution in [-0.2, 0) is 0 Å². The molecule has 0 aromatic heterocycles. The van der Waals surface area contributed by atoms with Crippen LogP contribution in [-0.4, -0.2) is 42.6 Å². The summed E-state index contributed by atoms with van der Waals surface area (Å²) in [7, 11) is 2.21. The van der Waals surface area contributed by atoms with Crippen molar-refractivity contribution in [3.63, 3.8) is 0 Å². The van der Waals surface area contributed by atoms with Crippen molar-refractivity contribution in [1.82, 2.24) is 9.80 Å². The van der Waals surface area contributed by atoms with Crippen LogP contribution in [0.4, 0.5) is 0 Å². The van der Waals surface area contributed by atoms with Gasteiger partial charge in [-0.25, -0.2) is 0 Å². The first-order valence-corrected chi connectivity index (χ1v) is 3.70. The molecule has 1 unspecified atom stereocenters. The average molecular weight is 126 g/mol. The SMILES string of the molecule is CC1C2CN(C2)CN1C. The van der Waals surface area contributed by atoms with Crippen molar-refractivity contribution in [3.05, 3.63) is 0 Å². The van der Waals surface area contributed by atoms with Gasteiger partial charge < -0.3 is 0 Å². The van der Waals surface area contributed by atoms with Gasteiger partial charge in [-0.1, -0.05) is 0 Å². The lowest BCUT2D eigenvalue weighted by molar-refractivity contribution is -0.0695. The fourth-order valence-electron chi connectivity index (χ4n) is 1.83. The molecule has 1 atom stereocenters. The second kappa shape index (κ2) is 1.70. The zero-order valence-electron chi connectivity index (χ0n) is 6.17. The zero-order chi connectivity index (χ0) is 6.43. The molecular weight excluding hydrogens is 112 g/mol. The number of hydrogen-bond donors (Lipinski definition) is 0. The highest BCUT2D eigenvalue weighted by molar-refractivity contribution is 4.91. The van der Waals surface area contributed by atoms with Crippen LogP contribution in [0, 0.1) is 5.92 Å². The Balaban J connectivity index is 2.04. The third-order valence-electron chi connectivity index (χ3n) is 2.79. The van der Waals surface area contributed by atoms with E-state index in [-0.39, 0.29) is 0 Å². The molecule has 52 valence electrons. The summed E-state index contributed by atoms with van der Waals surface area (Å²) >= 11 is 0. The second-order valence-corrected chi connectivity index (χ2v) is 3.44. The maximum atomic E-state index is 2.49. The van der Waals surface area contributed by atoms with E-state index in [0.717, 1.165) is 12.0 Å². The monoisotopic (exact) mass is 126 g/mol. The van der Waals surface area contributed by atoms with Crippen LogP contribution in [0.5, 0.6) is 0 Å². The van der Waals surface area contributed by atoms with Gasteiger partial charge in [0.2, 0.25) is 0 Å². The topological polar surface area (TPSA) is 6.48 Å². The van der Waals surface area contributed by atoms with E-state index in [4.69, 9.17) is 0 Å². The summed E-state index contributed by atoms with van der Waals surface area (Å²) in [6, 6.07) is 0.829. The molecule has 3 aliphatic rings. The van der Waals surface area contributed by atoms with Gasteiger partial charge in [0.25, 0.3) is 0 Å². The summed E-state index contributed by atoms with van der Waals surface area (Å²) in [5.41, 5.74) is 0. The van der Waals surface area contributed by atoms with E-state index in [1.807, 2.05) is 0 Å². The molecule has 3 aliphatic heterocycles. The van der Waals surface area contributed by atoms with Gasteiger partial charge in [-0.2, -0.15) is 0 Å². The Labute approximate surface area is 56.4 Å². The van der Waals surface area contributed by atoms with Gasteiger partial charge in [-0.15, -0.1) is 0 Å². The summed E-state index contributed by atoms with van der Waals surface area (Å²) < 4.78 is 0. The Bertz CT molecular complexity index is 116. The average Bonchev–Trinajstić information content (AvgIpc) is 1.72. The quantitative estimate of drug-likeness (QED) is 0.458. The Kier molecular flexibility index (Phi) is 1.08. The van der Waals surface area contributed by atoms with E-state index in [0.29, 0.717) is 0 Å². The van der Waals surface area contributed by atoms with Gasteiger partial charge in [0, 0.05) is 19.1 Å². The van der Waals surface area contributed by atoms with E-state index in [9.17, 15) is 0 Å². The molecule has 2 bridgehead atoms. The lowest BCUT2D eigenvalue weighted by Crippen LogP contribution is -2.64. The van der Waals surface area contributed by atoms with Crippen molar-refractivity contribution >= 4 is 0 Å². The van der Waals surface area contributed by atoms with E-state index in [2.05, 4.69) is 23.8 Å². The third kappa shape index (κ3) is 0.700. The molecule has 3 saturated heterocycles. The van der Waals surface area contributed by atoms with Gasteiger partial charge in [-0.05, 0) is 19.9 Å². The fraction of sp³-hybridized carbons (Fsp3) is 1.00. The van der Waals surface area contributed by atoms with E-state index < -0.39 is 0 Å². The number of rotatable bonds is 0. The van der Waals surface area contributed by atoms with Crippen LogP contribution in [0.25, 0.3) is 0 Å². The highest BCUT2D eigenvalue weighted by Gasteiger charge is 2.38. The van der Waals surface area contributed by atoms with Crippen molar-refractivity contribution in [2.24, 2.45) is 5.92 Å². The predicted octanol–water partition coefficient (Wildman–Crippen LogP) is 0.210. The molecule has 0 N–H and O–H groups in total. The predicted molar refractivity (Wildman–Crippen MR) is 37.2 cm³/mol. The zero-order valence-corrected chi connectivity index (χ0v) is 6.17. The van der Waals surface area contributed by atoms with E-state index in [1.165, 1.54) is 19.8 Å². The van der Waals surface area contributed by atoms with Crippen LogP contribution in [0.2, 0.25) is 0 Å². The van der Waals surface area contributed by atoms with E-state index in [1.54, 1.807) is 0 Å². The van der Waals surface area contributed by atoms with Crippen molar-refractivity contribution in [2.45, 2.75) is 13.0 Å². The van der Waals surface area contributed by atoms with Gasteiger partial charge in [0.15, 0.2) is 0 Å². The highest BCUT2D eigenvalue weighted by atomic mass is 15.4. The molecule has 3 fully saturated rings. The molecule has 0 aromatic rings. The van der Waals surface area contributed by atoms with Crippen LogP contribution < -0.4 is 0 Å². The maximum absolute atomic E-state index is 2.49. The molecule has 0 aromatic carbocycles. The van der Waals surface area contributed by atoms with Gasteiger partial charge in [0.1, 0.15) is 0 Å². The molecule has 0 radical (unpaired) electrons. The van der Waals surface area contributed by atoms with Crippen molar-refractivity contribution < 1.29 is 0 Å². The lowest BCUT2D eigenvalue weighted by atomic mass is 9.89. The van der Waals surface area contributed by atoms with E-state index >= 15 is 0 Å². The second-order valence-electron chi connectivity index (χ2n) is 3.44. The molecule has 0 spiro atoms. The molecule has 0 aliphatic carbocycles. The fourth-order valence-corrected chi connectivity index (χ4v) is 1.83. The van der Waals surface area contributed by atoms with Crippen LogP contribution in [0.1, 0.15) is 6.92 Å². The van der Waals surface area contributed by atoms with Gasteiger partial charge in [0.05, 0.1) is 6.67 Å². The standard InChI is InChI=1S/C7H14N2/c1-6-7-3-9(4-7)5-8(6)2/h6-7H,3-5H2,1-2H3. The minimum Gasteiger partial charge on any atom is -0.290 e. The minimum absolute atomic E-state index is 0.829. The summed E-state index contributed by atoms with van der Waals surface area (Å²) in [4.78, 5) is 4.92. The first kappa shape index (κ1) is 5.69. The molecule has 9 heavy (non-hydrogen) atoms. The third-order valence-corrected chi connectivity index (χ3v) is 2.79. The summed E-state index contributed by atoms with van der Waals surface area (Å²) in [5, 5.41) is 0. The molecule has 3 rings (SSSR count). The largest absolute Gasteiger partial charge is 0.290 e. The van der Waals surface area contributed by atoms with Gasteiger partial charge >= 0.3 is 0 Å². The number of fused-ring (bicyclic) bond motifs is 2. The van der Waals surface area contributed by atoms with Crippen LogP contribution >= 0.6 is 0 Å². The summed E-state index contributed by atoms with van der Waals surface area (Å²) in [6.07, 6.45) is 0. The summed E-state index contributed by atoms with van der Waals surface area (Å²) in [5.74, 6) is 0.976. The first-order valence-electron chi connectivity index (χ1n) is 3.70. The molecule has 0 amide bonds. The van der Waals surface area contributed by atoms with Crippen molar-refractivity contribution in [2.75, 3.05) is 26.8 Å². The Morgan fingerprint density at radius 1 is 1.33 bits per heavy atom. The smallest absolute Gasteiger partial charge is 0.0506 e. The van der Waals surface area contributed by atoms with Crippen molar-refractivity contribution in [1.29, 1.82) is 0 Å². The van der Waals surface area contributed by atoms with Crippen LogP contribution in [0.3, 0.4) is 0 Å². The molecule has 0 saturated carbocycles. The minimum atomic E-state index is 0.829. The van der Waals surface area contributed by atoms with Crippen LogP contribution in [0.15, 0.2) is 0 Å². The molecule has 3 heterocycles. The normalized spacial score (nSPS) is 50.7.